The van der Waals surface area contributed by atoms with Gasteiger partial charge in [0.1, 0.15) is 5.82 Å². The molecule has 3 rings (SSSR count). The predicted molar refractivity (Wildman–Crippen MR) is 103 cm³/mol. The first-order chi connectivity index (χ1) is 12.9. The summed E-state index contributed by atoms with van der Waals surface area (Å²) >= 11 is 0. The lowest BCUT2D eigenvalue weighted by Gasteiger charge is -2.46. The van der Waals surface area contributed by atoms with Crippen molar-refractivity contribution in [1.82, 2.24) is 4.90 Å². The normalized spacial score (nSPS) is 26.8. The van der Waals surface area contributed by atoms with Gasteiger partial charge in [-0.3, -0.25) is 4.79 Å². The van der Waals surface area contributed by atoms with Crippen LogP contribution in [0, 0.1) is 11.7 Å². The maximum atomic E-state index is 13.4. The predicted octanol–water partition coefficient (Wildman–Crippen LogP) is 3.40. The summed E-state index contributed by atoms with van der Waals surface area (Å²) in [5, 5.41) is 19.4. The topological polar surface area (TPSA) is 60.8 Å². The lowest BCUT2D eigenvalue weighted by molar-refractivity contribution is -0.140. The molecule has 0 spiro atoms. The van der Waals surface area contributed by atoms with E-state index in [0.29, 0.717) is 25.3 Å². The molecule has 0 aromatic heterocycles. The molecule has 1 saturated heterocycles. The van der Waals surface area contributed by atoms with Crippen LogP contribution in [-0.4, -0.2) is 46.3 Å². The van der Waals surface area contributed by atoms with E-state index in [4.69, 9.17) is 0 Å². The molecular weight excluding hydrogens is 345 g/mol. The number of nitrogens with zero attached hydrogens (tertiary/aromatic N) is 1. The first-order valence-corrected chi connectivity index (χ1v) is 10.3. The quantitative estimate of drug-likeness (QED) is 0.799. The van der Waals surface area contributed by atoms with Gasteiger partial charge in [0.25, 0.3) is 0 Å². The highest BCUT2D eigenvalue weighted by atomic mass is 19.1. The molecule has 0 unspecified atom stereocenters. The molecule has 2 aliphatic rings. The fourth-order valence-electron chi connectivity index (χ4n) is 5.10. The molecule has 5 heteroatoms. The second-order valence-corrected chi connectivity index (χ2v) is 8.48. The number of benzene rings is 1. The number of aliphatic hydroxyl groups is 2. The van der Waals surface area contributed by atoms with Crippen LogP contribution in [0.25, 0.3) is 0 Å². The highest BCUT2D eigenvalue weighted by Crippen LogP contribution is 2.42. The molecule has 0 bridgehead atoms. The molecule has 1 amide bonds. The summed E-state index contributed by atoms with van der Waals surface area (Å²) in [4.78, 5) is 15.1. The maximum Gasteiger partial charge on any atom is 0.223 e. The van der Waals surface area contributed by atoms with Crippen molar-refractivity contribution in [3.8, 4) is 0 Å². The van der Waals surface area contributed by atoms with Crippen molar-refractivity contribution in [3.63, 3.8) is 0 Å². The summed E-state index contributed by atoms with van der Waals surface area (Å²) in [5.41, 5.74) is 0.324. The van der Waals surface area contributed by atoms with Crippen LogP contribution in [0.3, 0.4) is 0 Å². The Kier molecular flexibility index (Phi) is 6.53. The number of carbonyl (C=O) groups excluding carboxylic acids is 1. The number of piperidine rings is 1. The third-order valence-electron chi connectivity index (χ3n) is 6.76. The van der Waals surface area contributed by atoms with Crippen LogP contribution < -0.4 is 0 Å². The number of rotatable bonds is 6. The zero-order chi connectivity index (χ0) is 19.4. The summed E-state index contributed by atoms with van der Waals surface area (Å²) in [5.74, 6) is 0.365. The van der Waals surface area contributed by atoms with Crippen molar-refractivity contribution in [1.29, 1.82) is 0 Å². The van der Waals surface area contributed by atoms with Gasteiger partial charge < -0.3 is 15.1 Å². The highest BCUT2D eigenvalue weighted by Gasteiger charge is 2.43. The number of hydrogen-bond acceptors (Lipinski definition) is 3. The lowest BCUT2D eigenvalue weighted by atomic mass is 9.68. The van der Waals surface area contributed by atoms with Gasteiger partial charge in [-0.2, -0.15) is 0 Å². The SMILES string of the molecule is C[C@@H](C1CCCCC1)N1CC[C@](C[C@@H](O)CO)(c2ccc(F)cc2)CC1=O. The smallest absolute Gasteiger partial charge is 0.223 e. The zero-order valence-corrected chi connectivity index (χ0v) is 16.2. The Labute approximate surface area is 161 Å². The van der Waals surface area contributed by atoms with Crippen LogP contribution in [0.5, 0.6) is 0 Å². The lowest BCUT2D eigenvalue weighted by Crippen LogP contribution is -2.52. The Morgan fingerprint density at radius 3 is 2.48 bits per heavy atom. The minimum atomic E-state index is -0.884. The van der Waals surface area contributed by atoms with Gasteiger partial charge in [0.2, 0.25) is 5.91 Å². The summed E-state index contributed by atoms with van der Waals surface area (Å²) in [7, 11) is 0. The highest BCUT2D eigenvalue weighted by molar-refractivity contribution is 5.79. The van der Waals surface area contributed by atoms with E-state index in [-0.39, 0.29) is 24.4 Å². The molecule has 4 nitrogen and oxygen atoms in total. The zero-order valence-electron chi connectivity index (χ0n) is 16.2. The minimum Gasteiger partial charge on any atom is -0.394 e. The van der Waals surface area contributed by atoms with Crippen molar-refractivity contribution in [2.75, 3.05) is 13.2 Å². The Hall–Kier alpha value is -1.46. The van der Waals surface area contributed by atoms with Gasteiger partial charge in [-0.15, -0.1) is 0 Å². The van der Waals surface area contributed by atoms with Crippen molar-refractivity contribution in [3.05, 3.63) is 35.6 Å². The number of amides is 1. The van der Waals surface area contributed by atoms with Gasteiger partial charge in [-0.1, -0.05) is 31.4 Å². The van der Waals surface area contributed by atoms with Gasteiger partial charge in [-0.05, 0) is 56.2 Å². The number of likely N-dealkylation sites (tertiary alicyclic amines) is 1. The van der Waals surface area contributed by atoms with Crippen molar-refractivity contribution in [2.24, 2.45) is 5.92 Å². The third kappa shape index (κ3) is 4.52. The number of aliphatic hydroxyl groups excluding tert-OH is 2. The van der Waals surface area contributed by atoms with Crippen LogP contribution in [-0.2, 0) is 10.2 Å². The van der Waals surface area contributed by atoms with E-state index in [2.05, 4.69) is 6.92 Å². The average Bonchev–Trinajstić information content (AvgIpc) is 2.68. The minimum absolute atomic E-state index is 0.105. The molecule has 1 aromatic carbocycles. The van der Waals surface area contributed by atoms with Crippen molar-refractivity contribution >= 4 is 5.91 Å². The molecule has 1 aromatic rings. The second-order valence-electron chi connectivity index (χ2n) is 8.48. The Morgan fingerprint density at radius 1 is 1.22 bits per heavy atom. The molecule has 150 valence electrons. The van der Waals surface area contributed by atoms with E-state index >= 15 is 0 Å². The van der Waals surface area contributed by atoms with Crippen LogP contribution >= 0.6 is 0 Å². The van der Waals surface area contributed by atoms with Gasteiger partial charge in [0, 0.05) is 24.4 Å². The molecule has 1 aliphatic carbocycles. The van der Waals surface area contributed by atoms with Crippen LogP contribution in [0.15, 0.2) is 24.3 Å². The average molecular weight is 378 g/mol. The van der Waals surface area contributed by atoms with E-state index < -0.39 is 11.5 Å². The van der Waals surface area contributed by atoms with Gasteiger partial charge in [0.15, 0.2) is 0 Å². The molecule has 0 radical (unpaired) electrons. The molecule has 2 fully saturated rings. The summed E-state index contributed by atoms with van der Waals surface area (Å²) in [6, 6.07) is 6.49. The van der Waals surface area contributed by atoms with E-state index in [1.165, 1.54) is 44.2 Å². The summed E-state index contributed by atoms with van der Waals surface area (Å²) in [6.07, 6.45) is 6.62. The molecule has 27 heavy (non-hydrogen) atoms. The fourth-order valence-corrected chi connectivity index (χ4v) is 5.10. The largest absolute Gasteiger partial charge is 0.394 e. The van der Waals surface area contributed by atoms with Crippen LogP contribution in [0.2, 0.25) is 0 Å². The standard InChI is InChI=1S/C22H32FNO3/c1-16(17-5-3-2-4-6-17)24-12-11-22(14-21(24)27,13-20(26)15-25)18-7-9-19(23)10-8-18/h7-10,16-17,20,25-26H,2-6,11-15H2,1H3/t16-,20+,22+/m0/s1. The molecule has 3 atom stereocenters. The number of hydrogen-bond donors (Lipinski definition) is 2. The van der Waals surface area contributed by atoms with Crippen LogP contribution in [0.1, 0.15) is 63.9 Å². The van der Waals surface area contributed by atoms with E-state index in [9.17, 15) is 19.4 Å². The van der Waals surface area contributed by atoms with Crippen molar-refractivity contribution in [2.45, 2.75) is 75.9 Å². The van der Waals surface area contributed by atoms with Gasteiger partial charge >= 0.3 is 0 Å². The number of carbonyl (C=O) groups is 1. The first kappa shape index (κ1) is 20.3. The molecule has 2 N–H and O–H groups in total. The fraction of sp³-hybridized carbons (Fsp3) is 0.682. The summed E-state index contributed by atoms with van der Waals surface area (Å²) < 4.78 is 13.4. The molecular formula is C22H32FNO3. The first-order valence-electron chi connectivity index (χ1n) is 10.3. The van der Waals surface area contributed by atoms with E-state index in [1.807, 2.05) is 4.90 Å². The maximum absolute atomic E-state index is 13.4. The van der Waals surface area contributed by atoms with Gasteiger partial charge in [0.05, 0.1) is 12.7 Å². The molecule has 1 saturated carbocycles. The monoisotopic (exact) mass is 377 g/mol. The molecule has 1 heterocycles. The van der Waals surface area contributed by atoms with Crippen LogP contribution in [0.4, 0.5) is 4.39 Å². The van der Waals surface area contributed by atoms with E-state index in [0.717, 1.165) is 12.0 Å². The van der Waals surface area contributed by atoms with Crippen molar-refractivity contribution < 1.29 is 19.4 Å². The second kappa shape index (κ2) is 8.70. The van der Waals surface area contributed by atoms with Gasteiger partial charge in [-0.25, -0.2) is 4.39 Å². The Bertz CT molecular complexity index is 629. The van der Waals surface area contributed by atoms with E-state index in [1.54, 1.807) is 12.1 Å². The number of halogens is 1. The Balaban J connectivity index is 1.79. The third-order valence-corrected chi connectivity index (χ3v) is 6.76. The Morgan fingerprint density at radius 2 is 1.89 bits per heavy atom. The molecule has 1 aliphatic heterocycles. The summed E-state index contributed by atoms with van der Waals surface area (Å²) in [6.45, 7) is 2.48.